The number of likely N-dealkylation sites (tertiary alicyclic amines) is 1. The third kappa shape index (κ3) is 5.09. The summed E-state index contributed by atoms with van der Waals surface area (Å²) >= 11 is 0. The average Bonchev–Trinajstić information content (AvgIpc) is 3.15. The standard InChI is InChI=1S/C23H28N2O4S/c1-30(28,29)24-21-9-7-18(8-10-21)22(26)16-25-14-19-12-23(27,13-20(19)15-25)11-17-5-3-2-4-6-17/h2-10,19-20,24,27H,11-16H2,1H3/t19-,20+,23?. The fourth-order valence-corrected chi connectivity index (χ4v) is 5.60. The molecule has 0 bridgehead atoms. The van der Waals surface area contributed by atoms with Crippen LogP contribution in [0.5, 0.6) is 0 Å². The van der Waals surface area contributed by atoms with Crippen molar-refractivity contribution in [3.8, 4) is 0 Å². The van der Waals surface area contributed by atoms with E-state index < -0.39 is 15.6 Å². The topological polar surface area (TPSA) is 86.7 Å². The molecule has 1 saturated carbocycles. The lowest BCUT2D eigenvalue weighted by molar-refractivity contribution is 0.0355. The van der Waals surface area contributed by atoms with Gasteiger partial charge in [0.25, 0.3) is 0 Å². The zero-order chi connectivity index (χ0) is 21.4. The number of nitrogens with zero attached hydrogens (tertiary/aromatic N) is 1. The Balaban J connectivity index is 1.30. The van der Waals surface area contributed by atoms with Gasteiger partial charge in [0.2, 0.25) is 10.0 Å². The van der Waals surface area contributed by atoms with Gasteiger partial charge < -0.3 is 5.11 Å². The Morgan fingerprint density at radius 3 is 2.23 bits per heavy atom. The highest BCUT2D eigenvalue weighted by molar-refractivity contribution is 7.92. The van der Waals surface area contributed by atoms with E-state index in [1.807, 2.05) is 18.2 Å². The molecule has 160 valence electrons. The minimum Gasteiger partial charge on any atom is -0.390 e. The van der Waals surface area contributed by atoms with E-state index in [1.165, 1.54) is 5.56 Å². The monoisotopic (exact) mass is 428 g/mol. The number of carbonyl (C=O) groups is 1. The Morgan fingerprint density at radius 2 is 1.67 bits per heavy atom. The van der Waals surface area contributed by atoms with Crippen molar-refractivity contribution >= 4 is 21.5 Å². The van der Waals surface area contributed by atoms with Gasteiger partial charge in [-0.05, 0) is 54.5 Å². The molecular weight excluding hydrogens is 400 g/mol. The number of nitrogens with one attached hydrogen (secondary N) is 1. The summed E-state index contributed by atoms with van der Waals surface area (Å²) in [7, 11) is -3.33. The first-order valence-corrected chi connectivity index (χ1v) is 12.2. The van der Waals surface area contributed by atoms with E-state index in [0.717, 1.165) is 32.2 Å². The van der Waals surface area contributed by atoms with Crippen molar-refractivity contribution in [3.05, 3.63) is 65.7 Å². The van der Waals surface area contributed by atoms with E-state index in [1.54, 1.807) is 24.3 Å². The summed E-state index contributed by atoms with van der Waals surface area (Å²) in [5.74, 6) is 0.876. The molecule has 0 spiro atoms. The van der Waals surface area contributed by atoms with Gasteiger partial charge in [-0.15, -0.1) is 0 Å². The largest absolute Gasteiger partial charge is 0.390 e. The second-order valence-corrected chi connectivity index (χ2v) is 10.6. The third-order valence-electron chi connectivity index (χ3n) is 6.19. The maximum atomic E-state index is 12.7. The maximum Gasteiger partial charge on any atom is 0.229 e. The zero-order valence-electron chi connectivity index (χ0n) is 17.1. The summed E-state index contributed by atoms with van der Waals surface area (Å²) in [6.07, 6.45) is 3.34. The molecule has 0 amide bonds. The highest BCUT2D eigenvalue weighted by Gasteiger charge is 2.48. The normalized spacial score (nSPS) is 26.5. The zero-order valence-corrected chi connectivity index (χ0v) is 17.9. The molecule has 3 atom stereocenters. The van der Waals surface area contributed by atoms with Gasteiger partial charge in [0.05, 0.1) is 18.4 Å². The molecule has 2 fully saturated rings. The van der Waals surface area contributed by atoms with Crippen LogP contribution in [-0.2, 0) is 16.4 Å². The number of benzene rings is 2. The van der Waals surface area contributed by atoms with Crippen LogP contribution in [0.2, 0.25) is 0 Å². The Bertz CT molecular complexity index is 991. The third-order valence-corrected chi connectivity index (χ3v) is 6.80. The van der Waals surface area contributed by atoms with E-state index in [9.17, 15) is 18.3 Å². The smallest absolute Gasteiger partial charge is 0.229 e. The number of ketones is 1. The number of Topliss-reactive ketones (excluding diaryl/α,β-unsaturated/α-hetero) is 1. The van der Waals surface area contributed by atoms with Crippen LogP contribution < -0.4 is 4.72 Å². The SMILES string of the molecule is CS(=O)(=O)Nc1ccc(C(=O)CN2C[C@@H]3CC(O)(Cc4ccccc4)C[C@@H]3C2)cc1. The van der Waals surface area contributed by atoms with Crippen molar-refractivity contribution < 1.29 is 18.3 Å². The first-order valence-electron chi connectivity index (χ1n) is 10.3. The number of aliphatic hydroxyl groups is 1. The molecule has 0 radical (unpaired) electrons. The summed E-state index contributed by atoms with van der Waals surface area (Å²) in [6, 6.07) is 16.7. The van der Waals surface area contributed by atoms with Gasteiger partial charge in [-0.2, -0.15) is 0 Å². The molecule has 2 aliphatic rings. The number of anilines is 1. The van der Waals surface area contributed by atoms with E-state index in [4.69, 9.17) is 0 Å². The van der Waals surface area contributed by atoms with Crippen molar-refractivity contribution in [2.24, 2.45) is 11.8 Å². The molecule has 4 rings (SSSR count). The van der Waals surface area contributed by atoms with Crippen molar-refractivity contribution in [2.75, 3.05) is 30.6 Å². The minimum atomic E-state index is -3.33. The van der Waals surface area contributed by atoms with Crippen molar-refractivity contribution in [2.45, 2.75) is 24.9 Å². The summed E-state index contributed by atoms with van der Waals surface area (Å²) in [5.41, 5.74) is 1.55. The van der Waals surface area contributed by atoms with Crippen LogP contribution >= 0.6 is 0 Å². The molecule has 1 aliphatic carbocycles. The highest BCUT2D eigenvalue weighted by atomic mass is 32.2. The number of fused-ring (bicyclic) bond motifs is 1. The molecule has 1 heterocycles. The number of hydrogen-bond acceptors (Lipinski definition) is 5. The fraction of sp³-hybridized carbons (Fsp3) is 0.435. The van der Waals surface area contributed by atoms with Crippen LogP contribution in [0.1, 0.15) is 28.8 Å². The first-order chi connectivity index (χ1) is 14.2. The number of carbonyl (C=O) groups excluding carboxylic acids is 1. The van der Waals surface area contributed by atoms with Gasteiger partial charge in [-0.3, -0.25) is 14.4 Å². The lowest BCUT2D eigenvalue weighted by Crippen LogP contribution is -2.34. The van der Waals surface area contributed by atoms with Crippen LogP contribution in [0.4, 0.5) is 5.69 Å². The van der Waals surface area contributed by atoms with Gasteiger partial charge in [-0.25, -0.2) is 8.42 Å². The van der Waals surface area contributed by atoms with E-state index in [-0.39, 0.29) is 5.78 Å². The lowest BCUT2D eigenvalue weighted by atomic mass is 9.91. The van der Waals surface area contributed by atoms with E-state index in [2.05, 4.69) is 21.8 Å². The Hall–Kier alpha value is -2.22. The second-order valence-electron chi connectivity index (χ2n) is 8.88. The van der Waals surface area contributed by atoms with Crippen molar-refractivity contribution in [1.82, 2.24) is 4.90 Å². The van der Waals surface area contributed by atoms with Gasteiger partial charge in [0, 0.05) is 30.8 Å². The van der Waals surface area contributed by atoms with Crippen LogP contribution in [-0.4, -0.2) is 55.7 Å². The summed E-state index contributed by atoms with van der Waals surface area (Å²) in [5, 5.41) is 11.1. The predicted molar refractivity (Wildman–Crippen MR) is 117 cm³/mol. The Morgan fingerprint density at radius 1 is 1.07 bits per heavy atom. The highest BCUT2D eigenvalue weighted by Crippen LogP contribution is 2.45. The Labute approximate surface area is 178 Å². The summed E-state index contributed by atoms with van der Waals surface area (Å²) in [6.45, 7) is 2.02. The Kier molecular flexibility index (Phi) is 5.70. The molecule has 30 heavy (non-hydrogen) atoms. The second kappa shape index (κ2) is 8.13. The van der Waals surface area contributed by atoms with Crippen LogP contribution in [0, 0.1) is 11.8 Å². The van der Waals surface area contributed by atoms with Crippen LogP contribution in [0.3, 0.4) is 0 Å². The lowest BCUT2D eigenvalue weighted by Gasteiger charge is -2.26. The van der Waals surface area contributed by atoms with Crippen molar-refractivity contribution in [3.63, 3.8) is 0 Å². The molecule has 6 nitrogen and oxygen atoms in total. The molecule has 2 N–H and O–H groups in total. The first kappa shape index (κ1) is 21.0. The molecular formula is C23H28N2O4S. The number of hydrogen-bond donors (Lipinski definition) is 2. The quantitative estimate of drug-likeness (QED) is 0.662. The van der Waals surface area contributed by atoms with E-state index in [0.29, 0.717) is 36.1 Å². The molecule has 1 saturated heterocycles. The van der Waals surface area contributed by atoms with E-state index >= 15 is 0 Å². The molecule has 1 unspecified atom stereocenters. The van der Waals surface area contributed by atoms with Gasteiger partial charge in [-0.1, -0.05) is 30.3 Å². The molecule has 2 aromatic rings. The number of rotatable bonds is 7. The predicted octanol–water partition coefficient (Wildman–Crippen LogP) is 2.56. The average molecular weight is 429 g/mol. The van der Waals surface area contributed by atoms with Gasteiger partial charge in [0.15, 0.2) is 5.78 Å². The molecule has 7 heteroatoms. The maximum absolute atomic E-state index is 12.7. The van der Waals surface area contributed by atoms with Gasteiger partial charge in [0.1, 0.15) is 0 Å². The molecule has 2 aromatic carbocycles. The molecule has 1 aliphatic heterocycles. The summed E-state index contributed by atoms with van der Waals surface area (Å²) in [4.78, 5) is 14.8. The minimum absolute atomic E-state index is 0.0282. The summed E-state index contributed by atoms with van der Waals surface area (Å²) < 4.78 is 25.0. The molecule has 0 aromatic heterocycles. The van der Waals surface area contributed by atoms with Gasteiger partial charge >= 0.3 is 0 Å². The number of sulfonamides is 1. The van der Waals surface area contributed by atoms with Crippen LogP contribution in [0.25, 0.3) is 0 Å². The fourth-order valence-electron chi connectivity index (χ4n) is 5.04. The van der Waals surface area contributed by atoms with Crippen LogP contribution in [0.15, 0.2) is 54.6 Å². The van der Waals surface area contributed by atoms with Crippen molar-refractivity contribution in [1.29, 1.82) is 0 Å².